The van der Waals surface area contributed by atoms with Crippen molar-refractivity contribution in [2.75, 3.05) is 0 Å². The maximum Gasteiger partial charge on any atom is 0.416 e. The molecule has 0 amide bonds. The third kappa shape index (κ3) is 3.33. The Bertz CT molecular complexity index is 507. The lowest BCUT2D eigenvalue weighted by atomic mass is 9.71. The van der Waals surface area contributed by atoms with Crippen LogP contribution in [0.2, 0.25) is 0 Å². The van der Waals surface area contributed by atoms with Gasteiger partial charge in [0.1, 0.15) is 0 Å². The van der Waals surface area contributed by atoms with Crippen LogP contribution in [0.4, 0.5) is 26.3 Å². The first-order valence-electron chi connectivity index (χ1n) is 6.56. The van der Waals surface area contributed by atoms with Crippen molar-refractivity contribution in [1.29, 1.82) is 0 Å². The number of hydrogen-bond donors (Lipinski definition) is 1. The highest BCUT2D eigenvalue weighted by Crippen LogP contribution is 2.47. The Balaban J connectivity index is 2.41. The fourth-order valence-electron chi connectivity index (χ4n) is 3.00. The van der Waals surface area contributed by atoms with Crippen LogP contribution < -0.4 is 5.73 Å². The van der Waals surface area contributed by atoms with Crippen LogP contribution in [-0.4, -0.2) is 6.18 Å². The highest BCUT2D eigenvalue weighted by atomic mass is 19.4. The van der Waals surface area contributed by atoms with E-state index in [0.29, 0.717) is 0 Å². The standard InChI is InChI=1S/C14H15F6N/c15-13(16,17)9-4-3-7-12(21,8-9)10-5-1-2-6-11(10)14(18,19)20/h1-2,5-6,9H,3-4,7-8,21H2. The van der Waals surface area contributed by atoms with E-state index in [1.165, 1.54) is 18.2 Å². The Hall–Kier alpha value is -1.24. The lowest BCUT2D eigenvalue weighted by Crippen LogP contribution is -2.46. The van der Waals surface area contributed by atoms with E-state index in [4.69, 9.17) is 5.73 Å². The minimum atomic E-state index is -4.63. The highest BCUT2D eigenvalue weighted by molar-refractivity contribution is 5.36. The van der Waals surface area contributed by atoms with Gasteiger partial charge in [-0.25, -0.2) is 0 Å². The van der Waals surface area contributed by atoms with Crippen molar-refractivity contribution in [2.24, 2.45) is 11.7 Å². The molecular formula is C14H15F6N. The molecule has 0 heterocycles. The average Bonchev–Trinajstić information content (AvgIpc) is 2.37. The summed E-state index contributed by atoms with van der Waals surface area (Å²) in [6.45, 7) is 0. The van der Waals surface area contributed by atoms with Crippen LogP contribution in [0.5, 0.6) is 0 Å². The molecule has 1 aliphatic carbocycles. The van der Waals surface area contributed by atoms with Gasteiger partial charge in [-0.2, -0.15) is 26.3 Å². The molecule has 2 unspecified atom stereocenters. The summed E-state index contributed by atoms with van der Waals surface area (Å²) in [6.07, 6.45) is -9.38. The Labute approximate surface area is 118 Å². The van der Waals surface area contributed by atoms with Gasteiger partial charge in [-0.3, -0.25) is 0 Å². The van der Waals surface area contributed by atoms with Gasteiger partial charge in [0, 0.05) is 5.54 Å². The SMILES string of the molecule is NC1(c2ccccc2C(F)(F)F)CCCC(C(F)(F)F)C1. The normalized spacial score (nSPS) is 27.7. The maximum absolute atomic E-state index is 13.0. The molecule has 0 saturated heterocycles. The van der Waals surface area contributed by atoms with E-state index in [0.717, 1.165) is 6.07 Å². The fraction of sp³-hybridized carbons (Fsp3) is 0.571. The number of nitrogens with two attached hydrogens (primary N) is 1. The van der Waals surface area contributed by atoms with Crippen LogP contribution in [0.3, 0.4) is 0 Å². The zero-order valence-electron chi connectivity index (χ0n) is 11.1. The van der Waals surface area contributed by atoms with Crippen LogP contribution in [0.1, 0.15) is 36.8 Å². The lowest BCUT2D eigenvalue weighted by molar-refractivity contribution is -0.187. The molecule has 0 bridgehead atoms. The van der Waals surface area contributed by atoms with Gasteiger partial charge in [0.2, 0.25) is 0 Å². The summed E-state index contributed by atoms with van der Waals surface area (Å²) in [5.74, 6) is -1.66. The van der Waals surface area contributed by atoms with Gasteiger partial charge in [0.25, 0.3) is 0 Å². The quantitative estimate of drug-likeness (QED) is 0.753. The van der Waals surface area contributed by atoms with Crippen LogP contribution in [0, 0.1) is 5.92 Å². The van der Waals surface area contributed by atoms with Crippen LogP contribution in [0.15, 0.2) is 24.3 Å². The van der Waals surface area contributed by atoms with Crippen molar-refractivity contribution >= 4 is 0 Å². The summed E-state index contributed by atoms with van der Waals surface area (Å²) < 4.78 is 77.7. The monoisotopic (exact) mass is 311 g/mol. The van der Waals surface area contributed by atoms with Crippen molar-refractivity contribution < 1.29 is 26.3 Å². The van der Waals surface area contributed by atoms with E-state index in [1.54, 1.807) is 0 Å². The van der Waals surface area contributed by atoms with E-state index < -0.39 is 35.8 Å². The van der Waals surface area contributed by atoms with E-state index in [2.05, 4.69) is 0 Å². The third-order valence-corrected chi connectivity index (χ3v) is 4.02. The molecule has 2 rings (SSSR count). The van der Waals surface area contributed by atoms with Gasteiger partial charge in [0.15, 0.2) is 0 Å². The van der Waals surface area contributed by atoms with E-state index >= 15 is 0 Å². The molecule has 21 heavy (non-hydrogen) atoms. The second-order valence-electron chi connectivity index (χ2n) is 5.53. The highest BCUT2D eigenvalue weighted by Gasteiger charge is 2.48. The first kappa shape index (κ1) is 16.1. The Morgan fingerprint density at radius 1 is 1.05 bits per heavy atom. The van der Waals surface area contributed by atoms with E-state index in [1.807, 2.05) is 0 Å². The number of hydrogen-bond acceptors (Lipinski definition) is 1. The first-order chi connectivity index (χ1) is 9.54. The molecule has 0 radical (unpaired) electrons. The van der Waals surface area contributed by atoms with Gasteiger partial charge in [-0.15, -0.1) is 0 Å². The number of alkyl halides is 6. The molecule has 1 nitrogen and oxygen atoms in total. The second kappa shape index (κ2) is 5.19. The molecule has 1 aromatic carbocycles. The van der Waals surface area contributed by atoms with Gasteiger partial charge < -0.3 is 5.73 Å². The molecule has 0 aliphatic heterocycles. The molecule has 0 spiro atoms. The van der Waals surface area contributed by atoms with Gasteiger partial charge in [-0.05, 0) is 30.9 Å². The zero-order chi connectivity index (χ0) is 15.9. The Morgan fingerprint density at radius 3 is 2.24 bits per heavy atom. The first-order valence-corrected chi connectivity index (χ1v) is 6.56. The second-order valence-corrected chi connectivity index (χ2v) is 5.53. The van der Waals surface area contributed by atoms with Crippen LogP contribution >= 0.6 is 0 Å². The van der Waals surface area contributed by atoms with Crippen LogP contribution in [-0.2, 0) is 11.7 Å². The number of halogens is 6. The van der Waals surface area contributed by atoms with Crippen molar-refractivity contribution in [3.8, 4) is 0 Å². The molecule has 2 atom stereocenters. The summed E-state index contributed by atoms with van der Waals surface area (Å²) in [4.78, 5) is 0. The fourth-order valence-corrected chi connectivity index (χ4v) is 3.00. The smallest absolute Gasteiger partial charge is 0.321 e. The minimum Gasteiger partial charge on any atom is -0.321 e. The molecule has 0 aromatic heterocycles. The minimum absolute atomic E-state index is 0.0867. The molecular weight excluding hydrogens is 296 g/mol. The molecule has 1 aromatic rings. The summed E-state index contributed by atoms with van der Waals surface area (Å²) in [7, 11) is 0. The van der Waals surface area contributed by atoms with E-state index in [-0.39, 0.29) is 24.8 Å². The number of rotatable bonds is 1. The van der Waals surface area contributed by atoms with Crippen molar-refractivity contribution in [1.82, 2.24) is 0 Å². The van der Waals surface area contributed by atoms with Gasteiger partial charge in [0.05, 0.1) is 11.5 Å². The summed E-state index contributed by atoms with van der Waals surface area (Å²) in [5, 5.41) is 0. The molecule has 7 heteroatoms. The molecule has 2 N–H and O–H groups in total. The topological polar surface area (TPSA) is 26.0 Å². The van der Waals surface area contributed by atoms with Crippen LogP contribution in [0.25, 0.3) is 0 Å². The van der Waals surface area contributed by atoms with Crippen molar-refractivity contribution in [2.45, 2.75) is 43.6 Å². The Morgan fingerprint density at radius 2 is 1.67 bits per heavy atom. The average molecular weight is 311 g/mol. The third-order valence-electron chi connectivity index (χ3n) is 4.02. The molecule has 1 fully saturated rings. The van der Waals surface area contributed by atoms with Crippen molar-refractivity contribution in [3.63, 3.8) is 0 Å². The molecule has 1 aliphatic rings. The predicted molar refractivity (Wildman–Crippen MR) is 65.3 cm³/mol. The molecule has 118 valence electrons. The number of benzene rings is 1. The van der Waals surface area contributed by atoms with Gasteiger partial charge >= 0.3 is 12.4 Å². The van der Waals surface area contributed by atoms with E-state index in [9.17, 15) is 26.3 Å². The predicted octanol–water partition coefficient (Wildman–Crippen LogP) is 4.61. The summed E-state index contributed by atoms with van der Waals surface area (Å²) >= 11 is 0. The summed E-state index contributed by atoms with van der Waals surface area (Å²) in [5.41, 5.74) is 3.18. The lowest BCUT2D eigenvalue weighted by Gasteiger charge is -2.40. The largest absolute Gasteiger partial charge is 0.416 e. The Kier molecular flexibility index (Phi) is 3.99. The molecule has 1 saturated carbocycles. The van der Waals surface area contributed by atoms with Gasteiger partial charge in [-0.1, -0.05) is 24.6 Å². The summed E-state index contributed by atoms with van der Waals surface area (Å²) in [6, 6.07) is 4.62. The maximum atomic E-state index is 13.0. The zero-order valence-corrected chi connectivity index (χ0v) is 11.1. The van der Waals surface area contributed by atoms with Crippen molar-refractivity contribution in [3.05, 3.63) is 35.4 Å².